The minimum Gasteiger partial charge on any atom is -0.374 e. The highest BCUT2D eigenvalue weighted by atomic mass is 35.5. The molecule has 5 heteroatoms. The maximum absolute atomic E-state index is 12.0. The zero-order valence-corrected chi connectivity index (χ0v) is 10.8. The van der Waals surface area contributed by atoms with Crippen LogP contribution in [0, 0.1) is 5.92 Å². The summed E-state index contributed by atoms with van der Waals surface area (Å²) in [6.07, 6.45) is 1.86. The number of hydrogen-bond acceptors (Lipinski definition) is 3. The second kappa shape index (κ2) is 4.90. The Balaban J connectivity index is 0.00000128. The molecule has 0 bridgehead atoms. The molecule has 4 nitrogen and oxygen atoms in total. The average molecular weight is 249 g/mol. The van der Waals surface area contributed by atoms with E-state index in [4.69, 9.17) is 10.5 Å². The average Bonchev–Trinajstić information content (AvgIpc) is 2.97. The predicted molar refractivity (Wildman–Crippen MR) is 64.6 cm³/mol. The molecule has 2 N–H and O–H groups in total. The lowest BCUT2D eigenvalue weighted by Gasteiger charge is -2.36. The largest absolute Gasteiger partial charge is 0.374 e. The number of nitrogens with two attached hydrogens (primary N) is 1. The smallest absolute Gasteiger partial charge is 0.242 e. The first kappa shape index (κ1) is 13.7. The Labute approximate surface area is 103 Å². The number of halogens is 1. The van der Waals surface area contributed by atoms with Gasteiger partial charge in [0.2, 0.25) is 5.91 Å². The zero-order valence-electron chi connectivity index (χ0n) is 9.94. The monoisotopic (exact) mass is 248 g/mol. The van der Waals surface area contributed by atoms with Gasteiger partial charge in [-0.25, -0.2) is 0 Å². The van der Waals surface area contributed by atoms with Gasteiger partial charge in [-0.05, 0) is 18.8 Å². The fourth-order valence-electron chi connectivity index (χ4n) is 1.93. The molecule has 1 heterocycles. The number of rotatable bonds is 2. The normalized spacial score (nSPS) is 27.5. The molecule has 1 aliphatic heterocycles. The van der Waals surface area contributed by atoms with Crippen molar-refractivity contribution in [1.29, 1.82) is 0 Å². The van der Waals surface area contributed by atoms with Crippen molar-refractivity contribution >= 4 is 18.3 Å². The molecule has 0 aromatic heterocycles. The van der Waals surface area contributed by atoms with Crippen molar-refractivity contribution in [2.24, 2.45) is 11.7 Å². The van der Waals surface area contributed by atoms with Crippen LogP contribution < -0.4 is 5.73 Å². The van der Waals surface area contributed by atoms with E-state index >= 15 is 0 Å². The Morgan fingerprint density at radius 2 is 2.12 bits per heavy atom. The van der Waals surface area contributed by atoms with Crippen molar-refractivity contribution in [3.63, 3.8) is 0 Å². The molecule has 1 saturated heterocycles. The minimum absolute atomic E-state index is 0. The highest BCUT2D eigenvalue weighted by molar-refractivity contribution is 5.89. The molecule has 1 saturated carbocycles. The van der Waals surface area contributed by atoms with Gasteiger partial charge in [-0.1, -0.05) is 13.8 Å². The summed E-state index contributed by atoms with van der Waals surface area (Å²) in [5.41, 5.74) is 5.38. The lowest BCUT2D eigenvalue weighted by molar-refractivity contribution is -0.142. The van der Waals surface area contributed by atoms with E-state index in [0.29, 0.717) is 25.6 Å². The fourth-order valence-corrected chi connectivity index (χ4v) is 1.93. The Morgan fingerprint density at radius 1 is 1.50 bits per heavy atom. The first-order chi connectivity index (χ1) is 7.03. The van der Waals surface area contributed by atoms with Gasteiger partial charge in [-0.3, -0.25) is 4.79 Å². The third-order valence-electron chi connectivity index (χ3n) is 3.34. The molecule has 0 aromatic carbocycles. The Morgan fingerprint density at radius 3 is 2.62 bits per heavy atom. The summed E-state index contributed by atoms with van der Waals surface area (Å²) in [4.78, 5) is 13.9. The number of carbonyl (C=O) groups is 1. The minimum atomic E-state index is -0.529. The second-order valence-electron chi connectivity index (χ2n) is 5.06. The summed E-state index contributed by atoms with van der Waals surface area (Å²) in [6, 6.07) is 0. The van der Waals surface area contributed by atoms with Crippen LogP contribution in [0.25, 0.3) is 0 Å². The van der Waals surface area contributed by atoms with Crippen LogP contribution in [0.3, 0.4) is 0 Å². The van der Waals surface area contributed by atoms with Gasteiger partial charge in [0.05, 0.1) is 18.2 Å². The van der Waals surface area contributed by atoms with E-state index in [1.807, 2.05) is 4.90 Å². The molecule has 0 spiro atoms. The van der Waals surface area contributed by atoms with Crippen LogP contribution in [0.5, 0.6) is 0 Å². The Bertz CT molecular complexity index is 267. The van der Waals surface area contributed by atoms with Crippen LogP contribution in [0.1, 0.15) is 26.7 Å². The highest BCUT2D eigenvalue weighted by Gasteiger charge is 2.48. The van der Waals surface area contributed by atoms with E-state index < -0.39 is 5.54 Å². The van der Waals surface area contributed by atoms with Crippen molar-refractivity contribution < 1.29 is 9.53 Å². The first-order valence-corrected chi connectivity index (χ1v) is 5.73. The molecule has 94 valence electrons. The lowest BCUT2D eigenvalue weighted by Crippen LogP contribution is -2.53. The van der Waals surface area contributed by atoms with E-state index in [2.05, 4.69) is 13.8 Å². The molecule has 1 unspecified atom stereocenters. The van der Waals surface area contributed by atoms with E-state index in [1.165, 1.54) is 0 Å². The summed E-state index contributed by atoms with van der Waals surface area (Å²) in [5.74, 6) is 0.574. The van der Waals surface area contributed by atoms with Crippen LogP contribution in [0.4, 0.5) is 0 Å². The summed E-state index contributed by atoms with van der Waals surface area (Å²) in [6.45, 7) is 6.28. The maximum Gasteiger partial charge on any atom is 0.242 e. The molecule has 1 amide bonds. The summed E-state index contributed by atoms with van der Waals surface area (Å²) < 4.78 is 5.62. The van der Waals surface area contributed by atoms with E-state index in [-0.39, 0.29) is 24.4 Å². The Hall–Kier alpha value is -0.320. The van der Waals surface area contributed by atoms with Crippen LogP contribution in [0.2, 0.25) is 0 Å². The van der Waals surface area contributed by atoms with Crippen LogP contribution >= 0.6 is 12.4 Å². The lowest BCUT2D eigenvalue weighted by atomic mass is 10.0. The molecule has 0 aromatic rings. The van der Waals surface area contributed by atoms with Gasteiger partial charge >= 0.3 is 0 Å². The first-order valence-electron chi connectivity index (χ1n) is 5.73. The second-order valence-corrected chi connectivity index (χ2v) is 5.06. The molecule has 16 heavy (non-hydrogen) atoms. The number of hydrogen-bond donors (Lipinski definition) is 1. The van der Waals surface area contributed by atoms with Crippen molar-refractivity contribution in [3.8, 4) is 0 Å². The molecule has 2 rings (SSSR count). The predicted octanol–water partition coefficient (Wildman–Crippen LogP) is 0.783. The molecule has 2 aliphatic rings. The molecule has 1 atom stereocenters. The number of amides is 1. The third kappa shape index (κ3) is 2.67. The van der Waals surface area contributed by atoms with Crippen molar-refractivity contribution in [2.45, 2.75) is 38.3 Å². The zero-order chi connectivity index (χ0) is 11.1. The molecule has 0 radical (unpaired) electrons. The van der Waals surface area contributed by atoms with Gasteiger partial charge in [0.25, 0.3) is 0 Å². The third-order valence-corrected chi connectivity index (χ3v) is 3.34. The molecule has 2 fully saturated rings. The summed E-state index contributed by atoms with van der Waals surface area (Å²) >= 11 is 0. The number of morpholine rings is 1. The number of carbonyl (C=O) groups excluding carboxylic acids is 1. The van der Waals surface area contributed by atoms with E-state index in [1.54, 1.807) is 0 Å². The Kier molecular flexibility index (Phi) is 4.21. The van der Waals surface area contributed by atoms with Crippen LogP contribution in [0.15, 0.2) is 0 Å². The van der Waals surface area contributed by atoms with Gasteiger partial charge in [-0.15, -0.1) is 12.4 Å². The molecular formula is C11H21ClN2O2. The van der Waals surface area contributed by atoms with Gasteiger partial charge in [-0.2, -0.15) is 0 Å². The van der Waals surface area contributed by atoms with Gasteiger partial charge in [0.1, 0.15) is 0 Å². The topological polar surface area (TPSA) is 55.6 Å². The van der Waals surface area contributed by atoms with Gasteiger partial charge in [0, 0.05) is 13.1 Å². The van der Waals surface area contributed by atoms with Gasteiger partial charge in [0.15, 0.2) is 0 Å². The molecule has 1 aliphatic carbocycles. The van der Waals surface area contributed by atoms with Crippen LogP contribution in [-0.2, 0) is 9.53 Å². The van der Waals surface area contributed by atoms with Gasteiger partial charge < -0.3 is 15.4 Å². The van der Waals surface area contributed by atoms with Crippen molar-refractivity contribution in [3.05, 3.63) is 0 Å². The fraction of sp³-hybridized carbons (Fsp3) is 0.909. The summed E-state index contributed by atoms with van der Waals surface area (Å²) in [7, 11) is 0. The molecular weight excluding hydrogens is 228 g/mol. The van der Waals surface area contributed by atoms with E-state index in [9.17, 15) is 4.79 Å². The van der Waals surface area contributed by atoms with Crippen molar-refractivity contribution in [1.82, 2.24) is 4.90 Å². The highest BCUT2D eigenvalue weighted by Crippen LogP contribution is 2.34. The standard InChI is InChI=1S/C11H20N2O2.ClH/c1-8(2)9-7-13(5-6-15-9)10(14)11(12)3-4-11;/h8-9H,3-7,12H2,1-2H3;1H. The quantitative estimate of drug-likeness (QED) is 0.786. The number of nitrogens with zero attached hydrogens (tertiary/aromatic N) is 1. The summed E-state index contributed by atoms with van der Waals surface area (Å²) in [5, 5.41) is 0. The van der Waals surface area contributed by atoms with Crippen LogP contribution in [-0.4, -0.2) is 42.1 Å². The van der Waals surface area contributed by atoms with E-state index in [0.717, 1.165) is 12.8 Å². The number of ether oxygens (including phenoxy) is 1. The van der Waals surface area contributed by atoms with Crippen molar-refractivity contribution in [2.75, 3.05) is 19.7 Å². The maximum atomic E-state index is 12.0. The SMILES string of the molecule is CC(C)C1CN(C(=O)C2(N)CC2)CCO1.Cl.